The van der Waals surface area contributed by atoms with Crippen LogP contribution in [0.3, 0.4) is 0 Å². The maximum absolute atomic E-state index is 13.7. The lowest BCUT2D eigenvalue weighted by Crippen LogP contribution is -2.68. The summed E-state index contributed by atoms with van der Waals surface area (Å²) in [6.45, 7) is 11.7. The number of carbonyl (C=O) groups excluding carboxylic acids is 1. The van der Waals surface area contributed by atoms with E-state index < -0.39 is 5.41 Å². The van der Waals surface area contributed by atoms with Crippen molar-refractivity contribution in [2.24, 2.45) is 5.41 Å². The minimum atomic E-state index is -0.413. The van der Waals surface area contributed by atoms with Crippen molar-refractivity contribution in [2.75, 3.05) is 53.0 Å². The van der Waals surface area contributed by atoms with E-state index >= 15 is 0 Å². The predicted octanol–water partition coefficient (Wildman–Crippen LogP) is 4.72. The highest BCUT2D eigenvalue weighted by atomic mass is 16.5. The van der Waals surface area contributed by atoms with E-state index in [4.69, 9.17) is 24.2 Å². The van der Waals surface area contributed by atoms with Crippen LogP contribution in [0.4, 0.5) is 0 Å². The molecule has 4 aliphatic rings. The monoisotopic (exact) mass is 625 g/mol. The molecule has 0 radical (unpaired) electrons. The smallest absolute Gasteiger partial charge is 0.233 e. The molecule has 4 heterocycles. The van der Waals surface area contributed by atoms with E-state index in [0.29, 0.717) is 44.0 Å². The number of rotatable bonds is 10. The summed E-state index contributed by atoms with van der Waals surface area (Å²) >= 11 is 0. The number of fused-ring (bicyclic) bond motifs is 1. The molecule has 46 heavy (non-hydrogen) atoms. The van der Waals surface area contributed by atoms with E-state index in [1.165, 1.54) is 11.1 Å². The Balaban J connectivity index is 1.25. The fraction of sp³-hybridized carbons (Fsp3) is 0.541. The van der Waals surface area contributed by atoms with Gasteiger partial charge >= 0.3 is 0 Å². The standard InChI is InChI=1S/C37H47N5O4/c1-25(2)46-35-30(34(44-4)38-33(39-35)28-15-16-28)21-40-19-29-20-41(36(43)37(3)23-45-24-37)17-18-42(29)31(22-40)32(26-11-7-5-8-12-26)27-13-9-6-10-14-27/h5-14,25,28-29,31-32H,15-24H2,1-4H3/t29-,31+/m1/s1. The lowest BCUT2D eigenvalue weighted by molar-refractivity contribution is -0.173. The first kappa shape index (κ1) is 31.1. The molecule has 2 atom stereocenters. The second-order valence-electron chi connectivity index (χ2n) is 14.1. The summed E-state index contributed by atoms with van der Waals surface area (Å²) in [5.74, 6) is 2.82. The quantitative estimate of drug-likeness (QED) is 0.321. The summed E-state index contributed by atoms with van der Waals surface area (Å²) in [5.41, 5.74) is 3.08. The Morgan fingerprint density at radius 2 is 1.59 bits per heavy atom. The van der Waals surface area contributed by atoms with Gasteiger partial charge in [-0.1, -0.05) is 60.7 Å². The summed E-state index contributed by atoms with van der Waals surface area (Å²) in [5, 5.41) is 0. The second-order valence-corrected chi connectivity index (χ2v) is 14.1. The number of nitrogens with zero attached hydrogens (tertiary/aromatic N) is 5. The van der Waals surface area contributed by atoms with Gasteiger partial charge in [-0.25, -0.2) is 0 Å². The molecule has 244 valence electrons. The van der Waals surface area contributed by atoms with Crippen molar-refractivity contribution in [3.8, 4) is 11.8 Å². The third-order valence-corrected chi connectivity index (χ3v) is 10.0. The maximum atomic E-state index is 13.7. The fourth-order valence-corrected chi connectivity index (χ4v) is 7.52. The van der Waals surface area contributed by atoms with Crippen molar-refractivity contribution in [1.29, 1.82) is 0 Å². The number of hydrogen-bond acceptors (Lipinski definition) is 8. The van der Waals surface area contributed by atoms with Gasteiger partial charge in [-0.2, -0.15) is 9.97 Å². The van der Waals surface area contributed by atoms with Crippen molar-refractivity contribution >= 4 is 5.91 Å². The number of piperazine rings is 2. The molecule has 3 aromatic rings. The summed E-state index contributed by atoms with van der Waals surface area (Å²) in [6.07, 6.45) is 2.19. The van der Waals surface area contributed by atoms with Crippen molar-refractivity contribution in [3.05, 3.63) is 83.2 Å². The summed E-state index contributed by atoms with van der Waals surface area (Å²) in [6, 6.07) is 22.1. The highest BCUT2D eigenvalue weighted by Gasteiger charge is 2.48. The average Bonchev–Trinajstić information content (AvgIpc) is 3.90. The highest BCUT2D eigenvalue weighted by molar-refractivity contribution is 5.83. The molecule has 9 heteroatoms. The van der Waals surface area contributed by atoms with Crippen LogP contribution in [0.25, 0.3) is 0 Å². The molecule has 3 saturated heterocycles. The van der Waals surface area contributed by atoms with Gasteiger partial charge in [0.2, 0.25) is 17.7 Å². The fourth-order valence-electron chi connectivity index (χ4n) is 7.52. The van der Waals surface area contributed by atoms with Crippen LogP contribution in [0.1, 0.15) is 68.0 Å². The molecule has 0 N–H and O–H groups in total. The van der Waals surface area contributed by atoms with Gasteiger partial charge in [0.1, 0.15) is 5.82 Å². The third-order valence-electron chi connectivity index (χ3n) is 10.0. The van der Waals surface area contributed by atoms with Crippen LogP contribution < -0.4 is 9.47 Å². The zero-order valence-corrected chi connectivity index (χ0v) is 27.6. The van der Waals surface area contributed by atoms with Gasteiger partial charge in [0, 0.05) is 63.2 Å². The zero-order chi connectivity index (χ0) is 31.8. The number of benzene rings is 2. The van der Waals surface area contributed by atoms with E-state index in [-0.39, 0.29) is 30.0 Å². The minimum Gasteiger partial charge on any atom is -0.481 e. The lowest BCUT2D eigenvalue weighted by Gasteiger charge is -2.54. The maximum Gasteiger partial charge on any atom is 0.233 e. The second kappa shape index (κ2) is 12.9. The SMILES string of the molecule is COc1nc(C2CC2)nc(OC(C)C)c1CN1C[C@@H]2CN(C(=O)C3(C)COC3)CCN2[C@H](C(c2ccccc2)c2ccccc2)C1. The van der Waals surface area contributed by atoms with Gasteiger partial charge in [-0.05, 0) is 44.7 Å². The normalized spacial score (nSPS) is 23.2. The average molecular weight is 626 g/mol. The molecule has 4 fully saturated rings. The molecule has 0 spiro atoms. The lowest BCUT2D eigenvalue weighted by atomic mass is 9.81. The minimum absolute atomic E-state index is 0.0229. The van der Waals surface area contributed by atoms with E-state index in [0.717, 1.165) is 50.4 Å². The van der Waals surface area contributed by atoms with Crippen LogP contribution in [0.2, 0.25) is 0 Å². The first-order chi connectivity index (χ1) is 22.3. The van der Waals surface area contributed by atoms with Crippen LogP contribution in [-0.2, 0) is 16.1 Å². The van der Waals surface area contributed by atoms with Gasteiger partial charge in [0.25, 0.3) is 0 Å². The third kappa shape index (κ3) is 6.25. The number of carbonyl (C=O) groups is 1. The largest absolute Gasteiger partial charge is 0.481 e. The molecule has 1 aliphatic carbocycles. The van der Waals surface area contributed by atoms with Gasteiger partial charge in [-0.3, -0.25) is 14.6 Å². The number of hydrogen-bond donors (Lipinski definition) is 0. The van der Waals surface area contributed by atoms with Crippen LogP contribution in [0, 0.1) is 5.41 Å². The van der Waals surface area contributed by atoms with Gasteiger partial charge < -0.3 is 19.1 Å². The molecule has 1 aromatic heterocycles. The molecule has 9 nitrogen and oxygen atoms in total. The molecule has 1 amide bonds. The first-order valence-corrected chi connectivity index (χ1v) is 16.9. The highest BCUT2D eigenvalue weighted by Crippen LogP contribution is 2.42. The summed E-state index contributed by atoms with van der Waals surface area (Å²) in [7, 11) is 1.69. The van der Waals surface area contributed by atoms with E-state index in [1.807, 2.05) is 20.8 Å². The van der Waals surface area contributed by atoms with E-state index in [2.05, 4.69) is 75.4 Å². The molecule has 0 unspecified atom stereocenters. The van der Waals surface area contributed by atoms with Crippen LogP contribution in [0.15, 0.2) is 60.7 Å². The number of methoxy groups -OCH3 is 1. The van der Waals surface area contributed by atoms with Gasteiger partial charge in [0.05, 0.1) is 37.4 Å². The number of ether oxygens (including phenoxy) is 3. The summed E-state index contributed by atoms with van der Waals surface area (Å²) in [4.78, 5) is 30.8. The molecule has 0 bridgehead atoms. The zero-order valence-electron chi connectivity index (χ0n) is 27.6. The first-order valence-electron chi connectivity index (χ1n) is 16.9. The predicted molar refractivity (Wildman–Crippen MR) is 176 cm³/mol. The topological polar surface area (TPSA) is 80.3 Å². The Hall–Kier alpha value is -3.53. The molecule has 2 aromatic carbocycles. The Morgan fingerprint density at radius 3 is 2.15 bits per heavy atom. The van der Waals surface area contributed by atoms with Crippen LogP contribution >= 0.6 is 0 Å². The van der Waals surface area contributed by atoms with Crippen molar-refractivity contribution in [2.45, 2.75) is 70.2 Å². The van der Waals surface area contributed by atoms with Crippen molar-refractivity contribution in [1.82, 2.24) is 24.7 Å². The van der Waals surface area contributed by atoms with Crippen LogP contribution in [-0.4, -0.2) is 102 Å². The van der Waals surface area contributed by atoms with E-state index in [1.54, 1.807) is 7.11 Å². The number of aromatic nitrogens is 2. The summed E-state index contributed by atoms with van der Waals surface area (Å²) < 4.78 is 17.7. The number of amides is 1. The molecule has 3 aliphatic heterocycles. The van der Waals surface area contributed by atoms with Crippen molar-refractivity contribution < 1.29 is 19.0 Å². The Labute approximate surface area is 272 Å². The van der Waals surface area contributed by atoms with Gasteiger partial charge in [0.15, 0.2) is 0 Å². The molecular formula is C37H47N5O4. The molecular weight excluding hydrogens is 578 g/mol. The Kier molecular flexibility index (Phi) is 8.74. The van der Waals surface area contributed by atoms with Crippen molar-refractivity contribution in [3.63, 3.8) is 0 Å². The molecule has 1 saturated carbocycles. The molecule has 7 rings (SSSR count). The van der Waals surface area contributed by atoms with E-state index in [9.17, 15) is 4.79 Å². The van der Waals surface area contributed by atoms with Gasteiger partial charge in [-0.15, -0.1) is 0 Å². The van der Waals surface area contributed by atoms with Crippen LogP contribution in [0.5, 0.6) is 11.8 Å². The Bertz CT molecular complexity index is 1470. The Morgan fingerprint density at radius 1 is 0.935 bits per heavy atom.